The second-order valence-corrected chi connectivity index (χ2v) is 4.49. The second kappa shape index (κ2) is 6.57. The molecular weight excluding hydrogens is 238 g/mol. The predicted octanol–water partition coefficient (Wildman–Crippen LogP) is 2.50. The highest BCUT2D eigenvalue weighted by molar-refractivity contribution is 6.30. The summed E-state index contributed by atoms with van der Waals surface area (Å²) in [5.74, 6) is -0.0885. The molecule has 0 aliphatic rings. The number of aromatic nitrogens is 1. The molecule has 1 rings (SSSR count). The van der Waals surface area contributed by atoms with Gasteiger partial charge in [0, 0.05) is 12.5 Å². The highest BCUT2D eigenvalue weighted by Gasteiger charge is 2.09. The number of amides is 1. The van der Waals surface area contributed by atoms with Crippen LogP contribution in [0.5, 0.6) is 0 Å². The van der Waals surface area contributed by atoms with Crippen molar-refractivity contribution in [2.75, 3.05) is 5.32 Å². The Morgan fingerprint density at radius 2 is 2.35 bits per heavy atom. The molecule has 0 radical (unpaired) electrons. The number of aryl methyl sites for hydroxylation is 1. The van der Waals surface area contributed by atoms with Crippen molar-refractivity contribution in [3.8, 4) is 0 Å². The van der Waals surface area contributed by atoms with Crippen LogP contribution in [0.1, 0.15) is 31.7 Å². The standard InChI is InChI=1S/C12H18ClN3O/c1-3-4-9(14)6-11(17)16-10-5-8(2)12(13)15-7-10/h5,7,9H,3-4,6,14H2,1-2H3,(H,16,17). The van der Waals surface area contributed by atoms with Gasteiger partial charge in [-0.25, -0.2) is 4.98 Å². The summed E-state index contributed by atoms with van der Waals surface area (Å²) in [5.41, 5.74) is 7.28. The fraction of sp³-hybridized carbons (Fsp3) is 0.500. The average molecular weight is 256 g/mol. The van der Waals surface area contributed by atoms with Gasteiger partial charge in [-0.1, -0.05) is 24.9 Å². The summed E-state index contributed by atoms with van der Waals surface area (Å²) in [6.45, 7) is 3.89. The molecule has 0 saturated carbocycles. The molecule has 0 saturated heterocycles. The molecule has 0 fully saturated rings. The lowest BCUT2D eigenvalue weighted by molar-refractivity contribution is -0.116. The summed E-state index contributed by atoms with van der Waals surface area (Å²) < 4.78 is 0. The van der Waals surface area contributed by atoms with E-state index in [4.69, 9.17) is 17.3 Å². The van der Waals surface area contributed by atoms with E-state index in [2.05, 4.69) is 10.3 Å². The van der Waals surface area contributed by atoms with Gasteiger partial charge in [-0.2, -0.15) is 0 Å². The summed E-state index contributed by atoms with van der Waals surface area (Å²) >= 11 is 5.80. The summed E-state index contributed by atoms with van der Waals surface area (Å²) in [6.07, 6.45) is 3.70. The first-order chi connectivity index (χ1) is 8.02. The largest absolute Gasteiger partial charge is 0.327 e. The minimum absolute atomic E-state index is 0.0821. The van der Waals surface area contributed by atoms with Crippen molar-refractivity contribution in [1.82, 2.24) is 4.98 Å². The first-order valence-electron chi connectivity index (χ1n) is 5.70. The number of hydrogen-bond acceptors (Lipinski definition) is 3. The van der Waals surface area contributed by atoms with Crippen LogP contribution in [0, 0.1) is 6.92 Å². The highest BCUT2D eigenvalue weighted by Crippen LogP contribution is 2.16. The maximum atomic E-state index is 11.6. The zero-order valence-corrected chi connectivity index (χ0v) is 10.9. The van der Waals surface area contributed by atoms with Crippen LogP contribution in [0.15, 0.2) is 12.3 Å². The zero-order chi connectivity index (χ0) is 12.8. The number of anilines is 1. The molecule has 0 bridgehead atoms. The van der Waals surface area contributed by atoms with Gasteiger partial charge in [0.05, 0.1) is 11.9 Å². The maximum Gasteiger partial charge on any atom is 0.225 e. The number of rotatable bonds is 5. The lowest BCUT2D eigenvalue weighted by Gasteiger charge is -2.10. The lowest BCUT2D eigenvalue weighted by atomic mass is 10.1. The third kappa shape index (κ3) is 4.71. The van der Waals surface area contributed by atoms with Crippen molar-refractivity contribution in [2.24, 2.45) is 5.73 Å². The average Bonchev–Trinajstić information content (AvgIpc) is 2.23. The Hall–Kier alpha value is -1.13. The Balaban J connectivity index is 2.53. The molecule has 1 aromatic rings. The number of pyridine rings is 1. The highest BCUT2D eigenvalue weighted by atomic mass is 35.5. The van der Waals surface area contributed by atoms with Crippen molar-refractivity contribution in [3.63, 3.8) is 0 Å². The lowest BCUT2D eigenvalue weighted by Crippen LogP contribution is -2.26. The zero-order valence-electron chi connectivity index (χ0n) is 10.2. The van der Waals surface area contributed by atoms with Crippen LogP contribution >= 0.6 is 11.6 Å². The molecule has 3 N–H and O–H groups in total. The summed E-state index contributed by atoms with van der Waals surface area (Å²) in [4.78, 5) is 15.6. The van der Waals surface area contributed by atoms with Crippen LogP contribution in [0.2, 0.25) is 5.15 Å². The van der Waals surface area contributed by atoms with Gasteiger partial charge in [-0.15, -0.1) is 0 Å². The van der Waals surface area contributed by atoms with Gasteiger partial charge in [0.15, 0.2) is 0 Å². The van der Waals surface area contributed by atoms with Crippen molar-refractivity contribution < 1.29 is 4.79 Å². The summed E-state index contributed by atoms with van der Waals surface area (Å²) in [5, 5.41) is 3.21. The monoisotopic (exact) mass is 255 g/mol. The SMILES string of the molecule is CCCC(N)CC(=O)Nc1cnc(Cl)c(C)c1. The van der Waals surface area contributed by atoms with Gasteiger partial charge >= 0.3 is 0 Å². The Bertz CT molecular complexity index is 395. The number of carbonyl (C=O) groups is 1. The van der Waals surface area contributed by atoms with Crippen molar-refractivity contribution >= 4 is 23.2 Å². The van der Waals surface area contributed by atoms with Crippen LogP contribution < -0.4 is 11.1 Å². The smallest absolute Gasteiger partial charge is 0.225 e. The quantitative estimate of drug-likeness (QED) is 0.795. The van der Waals surface area contributed by atoms with Crippen molar-refractivity contribution in [1.29, 1.82) is 0 Å². The number of nitrogens with two attached hydrogens (primary N) is 1. The number of hydrogen-bond donors (Lipinski definition) is 2. The molecule has 17 heavy (non-hydrogen) atoms. The van der Waals surface area contributed by atoms with Gasteiger partial charge in [0.1, 0.15) is 5.15 Å². The van der Waals surface area contributed by atoms with Gasteiger partial charge in [-0.05, 0) is 25.0 Å². The summed E-state index contributed by atoms with van der Waals surface area (Å²) in [6, 6.07) is 1.71. The van der Waals surface area contributed by atoms with Crippen molar-refractivity contribution in [2.45, 2.75) is 39.2 Å². The second-order valence-electron chi connectivity index (χ2n) is 4.13. The number of nitrogens with zero attached hydrogens (tertiary/aromatic N) is 1. The third-order valence-electron chi connectivity index (χ3n) is 2.41. The number of nitrogens with one attached hydrogen (secondary N) is 1. The minimum Gasteiger partial charge on any atom is -0.327 e. The molecule has 0 aliphatic carbocycles. The Morgan fingerprint density at radius 1 is 1.65 bits per heavy atom. The van der Waals surface area contributed by atoms with Crippen LogP contribution in [0.4, 0.5) is 5.69 Å². The maximum absolute atomic E-state index is 11.6. The Labute approximate surface area is 107 Å². The molecule has 4 nitrogen and oxygen atoms in total. The molecule has 94 valence electrons. The van der Waals surface area contributed by atoms with Gasteiger partial charge in [0.25, 0.3) is 0 Å². The van der Waals surface area contributed by atoms with Crippen LogP contribution in [-0.2, 0) is 4.79 Å². The van der Waals surface area contributed by atoms with E-state index in [1.807, 2.05) is 13.8 Å². The Morgan fingerprint density at radius 3 is 2.94 bits per heavy atom. The number of carbonyl (C=O) groups excluding carboxylic acids is 1. The fourth-order valence-corrected chi connectivity index (χ4v) is 1.65. The van der Waals surface area contributed by atoms with E-state index < -0.39 is 0 Å². The van der Waals surface area contributed by atoms with Gasteiger partial charge < -0.3 is 11.1 Å². The van der Waals surface area contributed by atoms with E-state index in [1.165, 1.54) is 0 Å². The molecule has 1 amide bonds. The predicted molar refractivity (Wildman–Crippen MR) is 70.1 cm³/mol. The molecule has 1 atom stereocenters. The van der Waals surface area contributed by atoms with Crippen molar-refractivity contribution in [3.05, 3.63) is 23.0 Å². The molecule has 1 aromatic heterocycles. The normalized spacial score (nSPS) is 12.2. The first-order valence-corrected chi connectivity index (χ1v) is 6.08. The van der Waals surface area contributed by atoms with E-state index in [1.54, 1.807) is 12.3 Å². The topological polar surface area (TPSA) is 68.0 Å². The fourth-order valence-electron chi connectivity index (χ4n) is 1.55. The Kier molecular flexibility index (Phi) is 5.38. The van der Waals surface area contributed by atoms with Crippen LogP contribution in [0.3, 0.4) is 0 Å². The van der Waals surface area contributed by atoms with E-state index in [0.29, 0.717) is 17.3 Å². The molecule has 0 aliphatic heterocycles. The summed E-state index contributed by atoms with van der Waals surface area (Å²) in [7, 11) is 0. The number of halogens is 1. The van der Waals surface area contributed by atoms with Gasteiger partial charge in [-0.3, -0.25) is 4.79 Å². The third-order valence-corrected chi connectivity index (χ3v) is 2.80. The molecule has 1 unspecified atom stereocenters. The molecule has 5 heteroatoms. The van der Waals surface area contributed by atoms with Crippen LogP contribution in [-0.4, -0.2) is 16.9 Å². The molecule has 0 spiro atoms. The first kappa shape index (κ1) is 13.9. The minimum atomic E-state index is -0.0885. The van der Waals surface area contributed by atoms with E-state index in [0.717, 1.165) is 18.4 Å². The van der Waals surface area contributed by atoms with E-state index in [-0.39, 0.29) is 11.9 Å². The van der Waals surface area contributed by atoms with Crippen LogP contribution in [0.25, 0.3) is 0 Å². The molecular formula is C12H18ClN3O. The molecule has 1 heterocycles. The van der Waals surface area contributed by atoms with Gasteiger partial charge in [0.2, 0.25) is 5.91 Å². The molecule has 0 aromatic carbocycles. The van der Waals surface area contributed by atoms with E-state index in [9.17, 15) is 4.79 Å². The van der Waals surface area contributed by atoms with E-state index >= 15 is 0 Å².